The van der Waals surface area contributed by atoms with Crippen molar-refractivity contribution >= 4 is 11.7 Å². The number of urea groups is 1. The van der Waals surface area contributed by atoms with Gasteiger partial charge in [-0.1, -0.05) is 18.2 Å². The zero-order chi connectivity index (χ0) is 18.2. The lowest BCUT2D eigenvalue weighted by Gasteiger charge is -2.26. The molecule has 1 aliphatic rings. The number of fused-ring (bicyclic) bond motifs is 1. The molecule has 1 N–H and O–H groups in total. The van der Waals surface area contributed by atoms with Crippen LogP contribution < -0.4 is 14.8 Å². The minimum Gasteiger partial charge on any atom is -0.449 e. The molecule has 0 aliphatic carbocycles. The molecule has 1 unspecified atom stereocenters. The Balaban J connectivity index is 1.71. The van der Waals surface area contributed by atoms with Gasteiger partial charge in [0.15, 0.2) is 11.5 Å². The van der Waals surface area contributed by atoms with E-state index in [-0.39, 0.29) is 11.8 Å². The summed E-state index contributed by atoms with van der Waals surface area (Å²) in [6.45, 7) is 5.41. The molecular weight excluding hydrogens is 323 g/mol. The van der Waals surface area contributed by atoms with Crippen LogP contribution in [0.4, 0.5) is 14.9 Å². The molecule has 0 spiro atoms. The van der Waals surface area contributed by atoms with Crippen molar-refractivity contribution in [2.75, 3.05) is 12.4 Å². The predicted molar refractivity (Wildman–Crippen MR) is 93.4 cm³/mol. The molecule has 2 aromatic carbocycles. The van der Waals surface area contributed by atoms with Crippen molar-refractivity contribution in [2.24, 2.45) is 0 Å². The van der Waals surface area contributed by atoms with Crippen LogP contribution in [-0.2, 0) is 0 Å². The van der Waals surface area contributed by atoms with Crippen molar-refractivity contribution < 1.29 is 18.7 Å². The number of carbonyl (C=O) groups is 1. The van der Waals surface area contributed by atoms with Crippen molar-refractivity contribution in [3.05, 3.63) is 53.8 Å². The third-order valence-corrected chi connectivity index (χ3v) is 4.16. The number of anilines is 1. The van der Waals surface area contributed by atoms with Crippen molar-refractivity contribution in [1.82, 2.24) is 4.90 Å². The highest BCUT2D eigenvalue weighted by molar-refractivity contribution is 5.89. The summed E-state index contributed by atoms with van der Waals surface area (Å²) in [6.07, 6.45) is 0. The van der Waals surface area contributed by atoms with Crippen LogP contribution in [0, 0.1) is 5.82 Å². The molecule has 0 aromatic heterocycles. The minimum absolute atomic E-state index is 0.333. The lowest BCUT2D eigenvalue weighted by atomic mass is 10.1. The number of hydrogen-bond donors (Lipinski definition) is 1. The maximum atomic E-state index is 13.9. The lowest BCUT2D eigenvalue weighted by molar-refractivity contribution is -0.0431. The summed E-state index contributed by atoms with van der Waals surface area (Å²) in [7, 11) is 1.63. The molecule has 1 aliphatic heterocycles. The topological polar surface area (TPSA) is 50.8 Å². The standard InChI is InChI=1S/C19H21FN2O3/c1-12(14-7-5-6-8-15(14)20)22(4)18(23)21-13-9-10-16-17(11-13)25-19(2,3)24-16/h5-12H,1-4H3,(H,21,23). The third-order valence-electron chi connectivity index (χ3n) is 4.16. The molecule has 2 aromatic rings. The number of hydrogen-bond acceptors (Lipinski definition) is 3. The van der Waals surface area contributed by atoms with Gasteiger partial charge in [-0.25, -0.2) is 9.18 Å². The number of halogens is 1. The number of carbonyl (C=O) groups excluding carboxylic acids is 1. The van der Waals surface area contributed by atoms with Crippen LogP contribution in [0.3, 0.4) is 0 Å². The first-order chi connectivity index (χ1) is 11.8. The van der Waals surface area contributed by atoms with Crippen molar-refractivity contribution in [2.45, 2.75) is 32.6 Å². The van der Waals surface area contributed by atoms with Crippen LogP contribution in [0.1, 0.15) is 32.4 Å². The van der Waals surface area contributed by atoms with E-state index in [1.54, 1.807) is 50.4 Å². The quantitative estimate of drug-likeness (QED) is 0.888. The van der Waals surface area contributed by atoms with E-state index in [0.29, 0.717) is 22.7 Å². The van der Waals surface area contributed by atoms with Gasteiger partial charge in [0.1, 0.15) is 5.82 Å². The first-order valence-corrected chi connectivity index (χ1v) is 8.07. The van der Waals surface area contributed by atoms with E-state index in [2.05, 4.69) is 5.32 Å². The lowest BCUT2D eigenvalue weighted by Crippen LogP contribution is -2.34. The largest absolute Gasteiger partial charge is 0.449 e. The van der Waals surface area contributed by atoms with Crippen molar-refractivity contribution in [3.8, 4) is 11.5 Å². The first kappa shape index (κ1) is 17.1. The fourth-order valence-electron chi connectivity index (χ4n) is 2.71. The molecule has 0 saturated heterocycles. The third kappa shape index (κ3) is 3.52. The smallest absolute Gasteiger partial charge is 0.322 e. The summed E-state index contributed by atoms with van der Waals surface area (Å²) >= 11 is 0. The van der Waals surface area contributed by atoms with Gasteiger partial charge in [0.05, 0.1) is 6.04 Å². The van der Waals surface area contributed by atoms with Crippen LogP contribution in [0.2, 0.25) is 0 Å². The van der Waals surface area contributed by atoms with Gasteiger partial charge in [0.25, 0.3) is 0 Å². The molecule has 2 amide bonds. The molecule has 0 bridgehead atoms. The average Bonchev–Trinajstić information content (AvgIpc) is 2.87. The Morgan fingerprint density at radius 2 is 1.84 bits per heavy atom. The Bertz CT molecular complexity index is 807. The summed E-state index contributed by atoms with van der Waals surface area (Å²) in [4.78, 5) is 13.9. The summed E-state index contributed by atoms with van der Waals surface area (Å²) in [5.74, 6) is 0.157. The molecular formula is C19H21FN2O3. The Labute approximate surface area is 146 Å². The minimum atomic E-state index is -0.721. The highest BCUT2D eigenvalue weighted by Gasteiger charge is 2.31. The highest BCUT2D eigenvalue weighted by Crippen LogP contribution is 2.40. The van der Waals surface area contributed by atoms with Gasteiger partial charge in [-0.15, -0.1) is 0 Å². The van der Waals surface area contributed by atoms with Crippen LogP contribution in [-0.4, -0.2) is 23.8 Å². The summed E-state index contributed by atoms with van der Waals surface area (Å²) in [6, 6.07) is 10.9. The van der Waals surface area contributed by atoms with Gasteiger partial charge < -0.3 is 19.7 Å². The molecule has 0 fully saturated rings. The van der Waals surface area contributed by atoms with E-state index in [9.17, 15) is 9.18 Å². The number of rotatable bonds is 3. The number of amides is 2. The fraction of sp³-hybridized carbons (Fsp3) is 0.316. The van der Waals surface area contributed by atoms with Crippen LogP contribution >= 0.6 is 0 Å². The van der Waals surface area contributed by atoms with Crippen molar-refractivity contribution in [1.29, 1.82) is 0 Å². The van der Waals surface area contributed by atoms with Gasteiger partial charge in [-0.05, 0) is 25.1 Å². The monoisotopic (exact) mass is 344 g/mol. The number of nitrogens with zero attached hydrogens (tertiary/aromatic N) is 1. The fourth-order valence-corrected chi connectivity index (χ4v) is 2.71. The molecule has 1 heterocycles. The molecule has 5 nitrogen and oxygen atoms in total. The second kappa shape index (κ2) is 6.27. The van der Waals surface area contributed by atoms with E-state index < -0.39 is 11.8 Å². The highest BCUT2D eigenvalue weighted by atomic mass is 19.1. The van der Waals surface area contributed by atoms with Gasteiger partial charge in [-0.2, -0.15) is 0 Å². The van der Waals surface area contributed by atoms with E-state index in [1.807, 2.05) is 13.8 Å². The van der Waals surface area contributed by atoms with Gasteiger partial charge in [0.2, 0.25) is 5.79 Å². The summed E-state index contributed by atoms with van der Waals surface area (Å²) < 4.78 is 25.2. The SMILES string of the molecule is CC(c1ccccc1F)N(C)C(=O)Nc1ccc2c(c1)OC(C)(C)O2. The van der Waals surface area contributed by atoms with Crippen molar-refractivity contribution in [3.63, 3.8) is 0 Å². The van der Waals surface area contributed by atoms with E-state index in [4.69, 9.17) is 9.47 Å². The number of benzene rings is 2. The second-order valence-corrected chi connectivity index (χ2v) is 6.50. The van der Waals surface area contributed by atoms with E-state index in [1.165, 1.54) is 11.0 Å². The van der Waals surface area contributed by atoms with E-state index in [0.717, 1.165) is 0 Å². The maximum absolute atomic E-state index is 13.9. The first-order valence-electron chi connectivity index (χ1n) is 8.07. The Morgan fingerprint density at radius 3 is 2.56 bits per heavy atom. The van der Waals surface area contributed by atoms with Gasteiger partial charge >= 0.3 is 6.03 Å². The van der Waals surface area contributed by atoms with Gasteiger partial charge in [0, 0.05) is 38.2 Å². The average molecular weight is 344 g/mol. The maximum Gasteiger partial charge on any atom is 0.322 e. The van der Waals surface area contributed by atoms with E-state index >= 15 is 0 Å². The Morgan fingerprint density at radius 1 is 1.16 bits per heavy atom. The molecule has 3 rings (SSSR count). The molecule has 0 radical (unpaired) electrons. The molecule has 132 valence electrons. The predicted octanol–water partition coefficient (Wildman–Crippen LogP) is 4.56. The number of ether oxygens (including phenoxy) is 2. The Hall–Kier alpha value is -2.76. The number of nitrogens with one attached hydrogen (secondary N) is 1. The molecule has 1 atom stereocenters. The summed E-state index contributed by atoms with van der Waals surface area (Å²) in [5.41, 5.74) is 1.05. The zero-order valence-electron chi connectivity index (χ0n) is 14.7. The normalized spacial score (nSPS) is 15.6. The van der Waals surface area contributed by atoms with Crippen LogP contribution in [0.25, 0.3) is 0 Å². The van der Waals surface area contributed by atoms with Crippen LogP contribution in [0.15, 0.2) is 42.5 Å². The second-order valence-electron chi connectivity index (χ2n) is 6.50. The molecule has 25 heavy (non-hydrogen) atoms. The zero-order valence-corrected chi connectivity index (χ0v) is 14.7. The van der Waals surface area contributed by atoms with Gasteiger partial charge in [-0.3, -0.25) is 0 Å². The summed E-state index contributed by atoms with van der Waals surface area (Å²) in [5, 5.41) is 2.80. The van der Waals surface area contributed by atoms with Crippen LogP contribution in [0.5, 0.6) is 11.5 Å². The molecule has 0 saturated carbocycles. The molecule has 6 heteroatoms. The Kier molecular flexibility index (Phi) is 4.29.